The van der Waals surface area contributed by atoms with Crippen molar-refractivity contribution in [1.29, 1.82) is 0 Å². The normalized spacial score (nSPS) is 18.1. The molecule has 11 heteroatoms. The van der Waals surface area contributed by atoms with Gasteiger partial charge in [-0.2, -0.15) is 0 Å². The molecule has 3 N–H and O–H groups in total. The molecule has 0 radical (unpaired) electrons. The third kappa shape index (κ3) is 7.09. The first-order valence-electron chi connectivity index (χ1n) is 9.56. The summed E-state index contributed by atoms with van der Waals surface area (Å²) in [6, 6.07) is 3.05. The van der Waals surface area contributed by atoms with Gasteiger partial charge in [-0.3, -0.25) is 14.4 Å². The van der Waals surface area contributed by atoms with Crippen molar-refractivity contribution in [2.24, 2.45) is 11.7 Å². The Hall–Kier alpha value is -2.36. The van der Waals surface area contributed by atoms with Gasteiger partial charge < -0.3 is 25.4 Å². The molecule has 1 aromatic carbocycles. The van der Waals surface area contributed by atoms with Crippen LogP contribution in [0, 0.1) is 5.92 Å². The van der Waals surface area contributed by atoms with Gasteiger partial charge in [-0.1, -0.05) is 23.2 Å². The number of nitrogens with two attached hydrogens (primary N) is 1. The van der Waals surface area contributed by atoms with Crippen molar-refractivity contribution >= 4 is 47.0 Å². The van der Waals surface area contributed by atoms with Gasteiger partial charge in [0.25, 0.3) is 5.79 Å². The van der Waals surface area contributed by atoms with Crippen LogP contribution >= 0.6 is 23.2 Å². The number of urea groups is 1. The fraction of sp³-hybridized carbons (Fsp3) is 0.500. The van der Waals surface area contributed by atoms with Crippen LogP contribution in [0.3, 0.4) is 0 Å². The van der Waals surface area contributed by atoms with E-state index in [0.717, 1.165) is 29.6 Å². The molecule has 31 heavy (non-hydrogen) atoms. The van der Waals surface area contributed by atoms with E-state index < -0.39 is 35.5 Å². The van der Waals surface area contributed by atoms with E-state index in [4.69, 9.17) is 38.4 Å². The summed E-state index contributed by atoms with van der Waals surface area (Å²) in [6.45, 7) is 4.74. The number of benzene rings is 1. The average molecular weight is 474 g/mol. The van der Waals surface area contributed by atoms with Gasteiger partial charge in [0.15, 0.2) is 5.78 Å². The number of ether oxygens (including phenoxy) is 2. The van der Waals surface area contributed by atoms with Gasteiger partial charge in [0, 0.05) is 49.9 Å². The third-order valence-corrected chi connectivity index (χ3v) is 5.16. The predicted molar refractivity (Wildman–Crippen MR) is 113 cm³/mol. The van der Waals surface area contributed by atoms with Crippen molar-refractivity contribution in [1.82, 2.24) is 10.2 Å². The van der Waals surface area contributed by atoms with Crippen LogP contribution in [0.5, 0.6) is 0 Å². The van der Waals surface area contributed by atoms with E-state index in [9.17, 15) is 19.2 Å². The first-order valence-corrected chi connectivity index (χ1v) is 10.3. The van der Waals surface area contributed by atoms with Crippen molar-refractivity contribution in [3.8, 4) is 0 Å². The number of likely N-dealkylation sites (N-methyl/N-ethyl adjacent to an activating group) is 1. The molecule has 0 aliphatic carbocycles. The zero-order valence-corrected chi connectivity index (χ0v) is 19.0. The number of ketones is 1. The fourth-order valence-electron chi connectivity index (χ4n) is 3.15. The van der Waals surface area contributed by atoms with Crippen molar-refractivity contribution in [3.63, 3.8) is 0 Å². The lowest BCUT2D eigenvalue weighted by atomic mass is 10.0. The Bertz CT molecular complexity index is 870. The molecular formula is C20H25Cl2N3O6. The van der Waals surface area contributed by atoms with Crippen LogP contribution in [-0.4, -0.2) is 54.6 Å². The number of carbonyl (C=O) groups excluding carboxylic acids is 4. The highest BCUT2D eigenvalue weighted by molar-refractivity contribution is 6.35. The number of Topliss-reactive ketones (excluding diaryl/α,β-unsaturated/α-hetero) is 1. The maximum Gasteiger partial charge on any atom is 0.331 e. The number of cyclic esters (lactones) is 2. The fourth-order valence-corrected chi connectivity index (χ4v) is 3.75. The van der Waals surface area contributed by atoms with E-state index in [-0.39, 0.29) is 13.0 Å². The highest BCUT2D eigenvalue weighted by Crippen LogP contribution is 2.29. The standard InChI is InChI=1S/C10H11Cl2N.C10H14N2O6/c1-13-3-2-7-4-8(11)5-10(12)9(7)6-13;1-10(2)17-7(14)6(8(15)18-10)5(13)3-4-12-9(11)16/h4-5H,2-3,6H2,1H3;6H,3-4H2,1-2H3,(H3,11,12,16). The van der Waals surface area contributed by atoms with Gasteiger partial charge in [-0.05, 0) is 36.7 Å². The maximum absolute atomic E-state index is 11.6. The lowest BCUT2D eigenvalue weighted by Gasteiger charge is -2.32. The maximum atomic E-state index is 11.6. The number of hydrogen-bond donors (Lipinski definition) is 2. The van der Waals surface area contributed by atoms with Crippen LogP contribution in [0.15, 0.2) is 12.1 Å². The summed E-state index contributed by atoms with van der Waals surface area (Å²) >= 11 is 12.0. The Morgan fingerprint density at radius 3 is 2.42 bits per heavy atom. The summed E-state index contributed by atoms with van der Waals surface area (Å²) in [5.41, 5.74) is 7.34. The second-order valence-corrected chi connectivity index (χ2v) is 8.54. The highest BCUT2D eigenvalue weighted by atomic mass is 35.5. The number of rotatable bonds is 4. The monoisotopic (exact) mass is 473 g/mol. The minimum absolute atomic E-state index is 0.0609. The molecule has 0 bridgehead atoms. The number of nitrogens with one attached hydrogen (secondary N) is 1. The smallest absolute Gasteiger partial charge is 0.331 e. The van der Waals surface area contributed by atoms with Crippen molar-refractivity contribution in [2.75, 3.05) is 20.1 Å². The van der Waals surface area contributed by atoms with E-state index in [1.807, 2.05) is 12.1 Å². The summed E-state index contributed by atoms with van der Waals surface area (Å²) in [5.74, 6) is -5.53. The predicted octanol–water partition coefficient (Wildman–Crippen LogP) is 2.05. The quantitative estimate of drug-likeness (QED) is 0.505. The number of nitrogens with zero attached hydrogens (tertiary/aromatic N) is 1. The lowest BCUT2D eigenvalue weighted by Crippen LogP contribution is -2.49. The Morgan fingerprint density at radius 2 is 1.84 bits per heavy atom. The molecule has 2 aliphatic rings. The summed E-state index contributed by atoms with van der Waals surface area (Å²) in [7, 11) is 2.11. The van der Waals surface area contributed by atoms with Gasteiger partial charge in [0.05, 0.1) is 0 Å². The van der Waals surface area contributed by atoms with Gasteiger partial charge in [0.2, 0.25) is 5.92 Å². The van der Waals surface area contributed by atoms with E-state index in [2.05, 4.69) is 17.3 Å². The van der Waals surface area contributed by atoms with E-state index in [0.29, 0.717) is 0 Å². The van der Waals surface area contributed by atoms with E-state index >= 15 is 0 Å². The Kier molecular flexibility index (Phi) is 8.27. The SMILES string of the molecule is CC1(C)OC(=O)C(C(=O)CCNC(N)=O)C(=O)O1.CN1CCc2cc(Cl)cc(Cl)c2C1. The van der Waals surface area contributed by atoms with Gasteiger partial charge in [-0.25, -0.2) is 4.79 Å². The Morgan fingerprint density at radius 1 is 1.23 bits per heavy atom. The Balaban J connectivity index is 0.000000231. The van der Waals surface area contributed by atoms with Crippen LogP contribution in [0.4, 0.5) is 4.79 Å². The number of esters is 2. The number of hydrogen-bond acceptors (Lipinski definition) is 7. The third-order valence-electron chi connectivity index (χ3n) is 4.60. The molecule has 9 nitrogen and oxygen atoms in total. The largest absolute Gasteiger partial charge is 0.422 e. The molecule has 3 rings (SSSR count). The van der Waals surface area contributed by atoms with Gasteiger partial charge in [0.1, 0.15) is 0 Å². The van der Waals surface area contributed by atoms with Crippen LogP contribution in [0.2, 0.25) is 10.0 Å². The second kappa shape index (κ2) is 10.3. The molecule has 0 aromatic heterocycles. The van der Waals surface area contributed by atoms with Crippen LogP contribution in [0.1, 0.15) is 31.4 Å². The topological polar surface area (TPSA) is 128 Å². The van der Waals surface area contributed by atoms with Gasteiger partial charge >= 0.3 is 18.0 Å². The van der Waals surface area contributed by atoms with Crippen molar-refractivity contribution in [2.45, 2.75) is 39.0 Å². The van der Waals surface area contributed by atoms with Gasteiger partial charge in [-0.15, -0.1) is 0 Å². The second-order valence-electron chi connectivity index (χ2n) is 7.70. The minimum atomic E-state index is -1.59. The van der Waals surface area contributed by atoms with Crippen LogP contribution in [0.25, 0.3) is 0 Å². The number of halogens is 2. The molecule has 2 aliphatic heterocycles. The number of carbonyl (C=O) groups is 4. The molecule has 170 valence electrons. The first kappa shape index (κ1) is 24.9. The molecule has 2 heterocycles. The molecule has 2 amide bonds. The summed E-state index contributed by atoms with van der Waals surface area (Å²) < 4.78 is 9.58. The van der Waals surface area contributed by atoms with Crippen molar-refractivity contribution in [3.05, 3.63) is 33.3 Å². The first-order chi connectivity index (χ1) is 14.4. The Labute approximate surface area is 190 Å². The molecule has 0 saturated carbocycles. The molecule has 0 unspecified atom stereocenters. The lowest BCUT2D eigenvalue weighted by molar-refractivity contribution is -0.238. The van der Waals surface area contributed by atoms with Crippen molar-refractivity contribution < 1.29 is 28.7 Å². The zero-order valence-electron chi connectivity index (χ0n) is 17.5. The summed E-state index contributed by atoms with van der Waals surface area (Å²) in [5, 5.41) is 3.72. The zero-order chi connectivity index (χ0) is 23.3. The molecule has 0 atom stereocenters. The molecule has 1 saturated heterocycles. The number of primary amides is 1. The molecular weight excluding hydrogens is 449 g/mol. The highest BCUT2D eigenvalue weighted by Gasteiger charge is 2.46. The minimum Gasteiger partial charge on any atom is -0.422 e. The summed E-state index contributed by atoms with van der Waals surface area (Å²) in [4.78, 5) is 47.3. The number of fused-ring (bicyclic) bond motifs is 1. The molecule has 1 aromatic rings. The molecule has 1 fully saturated rings. The van der Waals surface area contributed by atoms with E-state index in [1.165, 1.54) is 25.0 Å². The van der Waals surface area contributed by atoms with Crippen LogP contribution in [-0.2, 0) is 36.8 Å². The average Bonchev–Trinajstić information content (AvgIpc) is 2.61. The van der Waals surface area contributed by atoms with Crippen LogP contribution < -0.4 is 11.1 Å². The number of amides is 2. The van der Waals surface area contributed by atoms with E-state index in [1.54, 1.807) is 0 Å². The summed E-state index contributed by atoms with van der Waals surface area (Å²) in [6.07, 6.45) is 0.838. The molecule has 0 spiro atoms.